The summed E-state index contributed by atoms with van der Waals surface area (Å²) in [4.78, 5) is 62.2. The lowest BCUT2D eigenvalue weighted by atomic mass is 9.99. The van der Waals surface area contributed by atoms with E-state index in [0.717, 1.165) is 68.0 Å². The van der Waals surface area contributed by atoms with Gasteiger partial charge in [0.2, 0.25) is 0 Å². The highest BCUT2D eigenvalue weighted by Gasteiger charge is 2.46. The normalized spacial score (nSPS) is 21.8. The van der Waals surface area contributed by atoms with Crippen LogP contribution in [-0.4, -0.2) is 97.9 Å². The third kappa shape index (κ3) is 32.4. The maximum absolute atomic E-state index is 12.9. The molecule has 2 fully saturated rings. The molecule has 5 unspecified atom stereocenters. The SMILES string of the molecule is CCCCC/C=C\CC1OC1C/C=C\C/C=C\CCCC(=O)O[C@H](COC(=O)CCCCCCCCCCCCCCCCCCCCC(C)CC)COP(=O)(O)OP(=O)(O)OC[C@H]1O[C@@H](n2ccc(N)nc2=O)[C@H](O)[C@@H]1O. The molecule has 0 spiro atoms. The second-order valence-corrected chi connectivity index (χ2v) is 24.2. The Bertz CT molecular complexity index is 2040. The van der Waals surface area contributed by atoms with E-state index in [2.05, 4.69) is 54.4 Å². The maximum Gasteiger partial charge on any atom is 0.481 e. The van der Waals surface area contributed by atoms with Crippen LogP contribution < -0.4 is 11.4 Å². The van der Waals surface area contributed by atoms with Gasteiger partial charge in [-0.1, -0.05) is 192 Å². The Balaban J connectivity index is 1.35. The van der Waals surface area contributed by atoms with Crippen LogP contribution >= 0.6 is 15.6 Å². The molecule has 0 aromatic carbocycles. The number of rotatable bonds is 48. The summed E-state index contributed by atoms with van der Waals surface area (Å²) < 4.78 is 62.7. The molecule has 10 atom stereocenters. The summed E-state index contributed by atoms with van der Waals surface area (Å²) in [6, 6.07) is 1.25. The van der Waals surface area contributed by atoms with E-state index in [1.54, 1.807) is 0 Å². The van der Waals surface area contributed by atoms with Crippen LogP contribution in [0.1, 0.15) is 226 Å². The predicted octanol–water partition coefficient (Wildman–Crippen LogP) is 12.4. The first kappa shape index (κ1) is 69.2. The third-order valence-corrected chi connectivity index (χ3v) is 16.8. The summed E-state index contributed by atoms with van der Waals surface area (Å²) in [5.41, 5.74) is 4.60. The number of allylic oxidation sites excluding steroid dienone is 4. The Morgan fingerprint density at radius 3 is 1.82 bits per heavy atom. The summed E-state index contributed by atoms with van der Waals surface area (Å²) in [6.07, 6.45) is 39.6. The summed E-state index contributed by atoms with van der Waals surface area (Å²) in [6.45, 7) is 4.48. The smallest absolute Gasteiger partial charge is 0.462 e. The fourth-order valence-electron chi connectivity index (χ4n) is 9.09. The monoisotopic (exact) mass is 1140 g/mol. The van der Waals surface area contributed by atoms with Gasteiger partial charge in [0.05, 0.1) is 25.4 Å². The van der Waals surface area contributed by atoms with Crippen molar-refractivity contribution in [3.8, 4) is 0 Å². The Morgan fingerprint density at radius 1 is 0.679 bits per heavy atom. The molecule has 0 aliphatic carbocycles. The van der Waals surface area contributed by atoms with Crippen molar-refractivity contribution < 1.29 is 71.0 Å². The van der Waals surface area contributed by atoms with Crippen LogP contribution in [0.4, 0.5) is 5.82 Å². The van der Waals surface area contributed by atoms with Crippen LogP contribution in [-0.2, 0) is 51.0 Å². The zero-order valence-electron chi connectivity index (χ0n) is 47.3. The number of anilines is 1. The van der Waals surface area contributed by atoms with Crippen LogP contribution in [0.3, 0.4) is 0 Å². The zero-order chi connectivity index (χ0) is 56.9. The Morgan fingerprint density at radius 2 is 1.22 bits per heavy atom. The van der Waals surface area contributed by atoms with Crippen LogP contribution in [0.25, 0.3) is 0 Å². The summed E-state index contributed by atoms with van der Waals surface area (Å²) in [5.74, 6) is -0.488. The van der Waals surface area contributed by atoms with Crippen molar-refractivity contribution in [2.75, 3.05) is 25.6 Å². The van der Waals surface area contributed by atoms with Gasteiger partial charge in [0.1, 0.15) is 30.7 Å². The molecule has 0 amide bonds. The summed E-state index contributed by atoms with van der Waals surface area (Å²) >= 11 is 0. The molecule has 78 heavy (non-hydrogen) atoms. The first-order valence-electron chi connectivity index (χ1n) is 29.5. The number of hydrogen-bond donors (Lipinski definition) is 5. The number of aliphatic hydroxyl groups excluding tert-OH is 2. The number of nitrogen functional groups attached to an aromatic ring is 1. The Kier molecular flexibility index (Phi) is 36.4. The number of ether oxygens (including phenoxy) is 4. The zero-order valence-corrected chi connectivity index (χ0v) is 49.1. The van der Waals surface area contributed by atoms with Gasteiger partial charge >= 0.3 is 33.3 Å². The standard InChI is InChI=1S/C57H99N3O16P2/c1-4-6-7-8-27-32-37-48-49(74-48)38-33-28-23-21-25-30-35-40-53(62)73-47(43-70-52(61)39-34-29-24-20-18-16-14-12-10-9-11-13-15-17-19-22-26-31-36-46(3)5-2)44-71-77(66,67)76-78(68,69)72-45-50-54(63)55(64)56(75-50)60-42-41-51(58)59-57(60)65/h21,25,27-28,32-33,41-42,46-50,54-56,63-64H,4-20,22-24,26,29-31,34-40,43-45H2,1-3H3,(H,66,67)(H,68,69)(H2,58,59,65)/b25-21-,32-27-,33-28-/t46?,47-,48?,49?,50-,54-,55-,56-/m1/s1. The largest absolute Gasteiger partial charge is 0.481 e. The third-order valence-electron chi connectivity index (χ3n) is 14.2. The highest BCUT2D eigenvalue weighted by atomic mass is 31.3. The van der Waals surface area contributed by atoms with E-state index in [1.165, 1.54) is 122 Å². The number of epoxide rings is 1. The highest BCUT2D eigenvalue weighted by Crippen LogP contribution is 2.60. The number of nitrogens with zero attached hydrogens (tertiary/aromatic N) is 2. The quantitative estimate of drug-likeness (QED) is 0.0133. The minimum absolute atomic E-state index is 0.0295. The van der Waals surface area contributed by atoms with Gasteiger partial charge in [-0.2, -0.15) is 9.29 Å². The van der Waals surface area contributed by atoms with E-state index < -0.39 is 83.7 Å². The highest BCUT2D eigenvalue weighted by molar-refractivity contribution is 7.61. The second-order valence-electron chi connectivity index (χ2n) is 21.1. The molecule has 19 nitrogen and oxygen atoms in total. The van der Waals surface area contributed by atoms with Crippen LogP contribution in [0.2, 0.25) is 0 Å². The van der Waals surface area contributed by atoms with Gasteiger partial charge in [-0.3, -0.25) is 23.2 Å². The predicted molar refractivity (Wildman–Crippen MR) is 302 cm³/mol. The van der Waals surface area contributed by atoms with Gasteiger partial charge in [0.15, 0.2) is 12.3 Å². The molecule has 0 radical (unpaired) electrons. The number of hydrogen-bond acceptors (Lipinski definition) is 16. The van der Waals surface area contributed by atoms with Gasteiger partial charge in [-0.15, -0.1) is 0 Å². The van der Waals surface area contributed by atoms with Crippen molar-refractivity contribution in [3.05, 3.63) is 59.2 Å². The number of carbonyl (C=O) groups excluding carboxylic acids is 2. The fraction of sp³-hybridized carbons (Fsp3) is 0.789. The number of phosphoric acid groups is 2. The lowest BCUT2D eigenvalue weighted by Gasteiger charge is -2.21. The average Bonchev–Trinajstić information content (AvgIpc) is 4.14. The minimum atomic E-state index is -5.44. The molecule has 0 bridgehead atoms. The van der Waals surface area contributed by atoms with E-state index >= 15 is 0 Å². The number of carbonyl (C=O) groups is 2. The molecule has 3 heterocycles. The summed E-state index contributed by atoms with van der Waals surface area (Å²) in [5, 5.41) is 21.0. The lowest BCUT2D eigenvalue weighted by molar-refractivity contribution is -0.161. The van der Waals surface area contributed by atoms with Crippen LogP contribution in [0.5, 0.6) is 0 Å². The van der Waals surface area contributed by atoms with Gasteiger partial charge in [0, 0.05) is 19.0 Å². The van der Waals surface area contributed by atoms with E-state index in [4.69, 9.17) is 33.7 Å². The molecule has 2 aliphatic rings. The van der Waals surface area contributed by atoms with Crippen molar-refractivity contribution >= 4 is 33.4 Å². The van der Waals surface area contributed by atoms with Crippen LogP contribution in [0, 0.1) is 5.92 Å². The number of nitrogens with two attached hydrogens (primary N) is 1. The molecule has 1 aromatic rings. The van der Waals surface area contributed by atoms with Crippen molar-refractivity contribution in [1.29, 1.82) is 0 Å². The maximum atomic E-state index is 12.9. The number of aliphatic hydroxyl groups is 2. The molecule has 2 saturated heterocycles. The Labute approximate surface area is 465 Å². The van der Waals surface area contributed by atoms with Crippen molar-refractivity contribution in [1.82, 2.24) is 9.55 Å². The average molecular weight is 1140 g/mol. The molecule has 21 heteroatoms. The number of phosphoric ester groups is 2. The van der Waals surface area contributed by atoms with Gasteiger partial charge in [-0.05, 0) is 63.4 Å². The van der Waals surface area contributed by atoms with Gasteiger partial charge in [0.25, 0.3) is 0 Å². The fourth-order valence-corrected chi connectivity index (χ4v) is 11.2. The second kappa shape index (κ2) is 41.0. The molecule has 1 aromatic heterocycles. The van der Waals surface area contributed by atoms with Crippen molar-refractivity contribution in [2.24, 2.45) is 5.92 Å². The molecule has 0 saturated carbocycles. The molecule has 3 rings (SSSR count). The molecule has 6 N–H and O–H groups in total. The molecular weight excluding hydrogens is 1040 g/mol. The lowest BCUT2D eigenvalue weighted by Crippen LogP contribution is -2.36. The van der Waals surface area contributed by atoms with Gasteiger partial charge in [-0.25, -0.2) is 13.9 Å². The van der Waals surface area contributed by atoms with Crippen molar-refractivity contribution in [3.63, 3.8) is 0 Å². The van der Waals surface area contributed by atoms with Crippen molar-refractivity contribution in [2.45, 2.75) is 263 Å². The van der Waals surface area contributed by atoms with Gasteiger partial charge < -0.3 is 44.7 Å². The summed E-state index contributed by atoms with van der Waals surface area (Å²) in [7, 11) is -10.9. The molecule has 448 valence electrons. The number of aromatic nitrogens is 2. The minimum Gasteiger partial charge on any atom is -0.462 e. The first-order chi connectivity index (χ1) is 37.5. The van der Waals surface area contributed by atoms with E-state index in [0.29, 0.717) is 25.4 Å². The van der Waals surface area contributed by atoms with E-state index in [-0.39, 0.29) is 24.8 Å². The number of unbranched alkanes of at least 4 members (excludes halogenated alkanes) is 21. The van der Waals surface area contributed by atoms with E-state index in [1.807, 2.05) is 12.2 Å². The number of esters is 2. The first-order valence-corrected chi connectivity index (χ1v) is 32.5. The topological polar surface area (TPSA) is 278 Å². The molecule has 2 aliphatic heterocycles. The van der Waals surface area contributed by atoms with Crippen LogP contribution in [0.15, 0.2) is 53.5 Å². The molecular formula is C57H99N3O16P2. The Hall–Kier alpha value is -3.06. The van der Waals surface area contributed by atoms with E-state index in [9.17, 15) is 43.5 Å².